The zero-order valence-corrected chi connectivity index (χ0v) is 9.87. The standard InChI is InChI=1S/C12H12ClN3O/c13-10-3-1-9(2-4-10)7-8-14-11-5-6-12(17)16-15-11/h1-6H,7-8H2,(H,14,15)(H,16,17). The molecule has 2 rings (SSSR count). The van der Waals surface area contributed by atoms with Crippen LogP contribution in [0, 0.1) is 0 Å². The van der Waals surface area contributed by atoms with Crippen LogP contribution in [0.2, 0.25) is 5.02 Å². The van der Waals surface area contributed by atoms with E-state index >= 15 is 0 Å². The van der Waals surface area contributed by atoms with Gasteiger partial charge in [-0.25, -0.2) is 5.10 Å². The van der Waals surface area contributed by atoms with Gasteiger partial charge in [0, 0.05) is 17.6 Å². The average Bonchev–Trinajstić information content (AvgIpc) is 2.34. The number of aromatic amines is 1. The van der Waals surface area contributed by atoms with E-state index in [0.717, 1.165) is 18.0 Å². The van der Waals surface area contributed by atoms with E-state index < -0.39 is 0 Å². The van der Waals surface area contributed by atoms with E-state index in [1.807, 2.05) is 24.3 Å². The van der Waals surface area contributed by atoms with Crippen LogP contribution in [0.3, 0.4) is 0 Å². The lowest BCUT2D eigenvalue weighted by Gasteiger charge is -2.04. The lowest BCUT2D eigenvalue weighted by molar-refractivity contribution is 0.948. The third-order valence-corrected chi connectivity index (χ3v) is 2.56. The summed E-state index contributed by atoms with van der Waals surface area (Å²) < 4.78 is 0. The monoisotopic (exact) mass is 249 g/mol. The summed E-state index contributed by atoms with van der Waals surface area (Å²) in [6.45, 7) is 0.751. The number of halogens is 1. The van der Waals surface area contributed by atoms with Crippen molar-refractivity contribution in [3.8, 4) is 0 Å². The van der Waals surface area contributed by atoms with E-state index in [9.17, 15) is 4.79 Å². The Bertz CT molecular complexity index is 516. The average molecular weight is 250 g/mol. The molecule has 0 aliphatic rings. The first-order valence-corrected chi connectivity index (χ1v) is 5.66. The number of anilines is 1. The van der Waals surface area contributed by atoms with Crippen LogP contribution in [0.1, 0.15) is 5.56 Å². The van der Waals surface area contributed by atoms with Gasteiger partial charge in [0.25, 0.3) is 5.56 Å². The molecule has 0 radical (unpaired) electrons. The van der Waals surface area contributed by atoms with Gasteiger partial charge >= 0.3 is 0 Å². The summed E-state index contributed by atoms with van der Waals surface area (Å²) in [6.07, 6.45) is 0.873. The number of hydrogen-bond donors (Lipinski definition) is 2. The lowest BCUT2D eigenvalue weighted by Crippen LogP contribution is -2.11. The number of nitrogens with one attached hydrogen (secondary N) is 2. The number of aromatic nitrogens is 2. The second kappa shape index (κ2) is 5.50. The molecule has 2 aromatic rings. The number of rotatable bonds is 4. The quantitative estimate of drug-likeness (QED) is 0.872. The van der Waals surface area contributed by atoms with E-state index in [4.69, 9.17) is 11.6 Å². The zero-order valence-electron chi connectivity index (χ0n) is 9.11. The maximum atomic E-state index is 10.8. The van der Waals surface area contributed by atoms with Crippen molar-refractivity contribution in [1.29, 1.82) is 0 Å². The minimum absolute atomic E-state index is 0.201. The largest absolute Gasteiger partial charge is 0.368 e. The van der Waals surface area contributed by atoms with Crippen LogP contribution < -0.4 is 10.9 Å². The molecule has 0 amide bonds. The number of nitrogens with zero attached hydrogens (tertiary/aromatic N) is 1. The lowest BCUT2D eigenvalue weighted by atomic mass is 10.1. The molecule has 0 bridgehead atoms. The van der Waals surface area contributed by atoms with E-state index in [2.05, 4.69) is 15.5 Å². The molecule has 88 valence electrons. The molecule has 4 nitrogen and oxygen atoms in total. The van der Waals surface area contributed by atoms with Gasteiger partial charge in [0.15, 0.2) is 0 Å². The van der Waals surface area contributed by atoms with Gasteiger partial charge in [0.1, 0.15) is 5.82 Å². The Morgan fingerprint density at radius 2 is 1.94 bits per heavy atom. The molecule has 5 heteroatoms. The SMILES string of the molecule is O=c1ccc(NCCc2ccc(Cl)cc2)n[nH]1. The Balaban J connectivity index is 1.85. The predicted molar refractivity (Wildman–Crippen MR) is 68.5 cm³/mol. The maximum Gasteiger partial charge on any atom is 0.264 e. The highest BCUT2D eigenvalue weighted by atomic mass is 35.5. The molecular weight excluding hydrogens is 238 g/mol. The molecule has 1 aromatic heterocycles. The van der Waals surface area contributed by atoms with Crippen molar-refractivity contribution in [3.63, 3.8) is 0 Å². The Kier molecular flexibility index (Phi) is 3.77. The highest BCUT2D eigenvalue weighted by Crippen LogP contribution is 2.10. The van der Waals surface area contributed by atoms with Gasteiger partial charge in [-0.1, -0.05) is 23.7 Å². The van der Waals surface area contributed by atoms with Crippen molar-refractivity contribution >= 4 is 17.4 Å². The second-order valence-corrected chi connectivity index (χ2v) is 4.05. The van der Waals surface area contributed by atoms with Crippen molar-refractivity contribution in [3.05, 3.63) is 57.3 Å². The molecule has 2 N–H and O–H groups in total. The van der Waals surface area contributed by atoms with Crippen molar-refractivity contribution in [2.24, 2.45) is 0 Å². The third-order valence-electron chi connectivity index (χ3n) is 2.31. The minimum Gasteiger partial charge on any atom is -0.368 e. The second-order valence-electron chi connectivity index (χ2n) is 3.61. The number of benzene rings is 1. The topological polar surface area (TPSA) is 57.8 Å². The van der Waals surface area contributed by atoms with Gasteiger partial charge in [-0.3, -0.25) is 4.79 Å². The summed E-state index contributed by atoms with van der Waals surface area (Å²) in [6, 6.07) is 10.8. The van der Waals surface area contributed by atoms with Gasteiger partial charge in [0.2, 0.25) is 0 Å². The zero-order chi connectivity index (χ0) is 12.1. The van der Waals surface area contributed by atoms with Gasteiger partial charge in [0.05, 0.1) is 0 Å². The van der Waals surface area contributed by atoms with Crippen molar-refractivity contribution in [1.82, 2.24) is 10.2 Å². The minimum atomic E-state index is -0.201. The fourth-order valence-electron chi connectivity index (χ4n) is 1.43. The predicted octanol–water partition coefficient (Wildman–Crippen LogP) is 2.08. The Morgan fingerprint density at radius 1 is 1.18 bits per heavy atom. The fraction of sp³-hybridized carbons (Fsp3) is 0.167. The van der Waals surface area contributed by atoms with Crippen molar-refractivity contribution in [2.75, 3.05) is 11.9 Å². The van der Waals surface area contributed by atoms with E-state index in [0.29, 0.717) is 5.82 Å². The third kappa shape index (κ3) is 3.60. The summed E-state index contributed by atoms with van der Waals surface area (Å²) in [5.74, 6) is 0.665. The molecule has 0 fully saturated rings. The number of hydrogen-bond acceptors (Lipinski definition) is 3. The summed E-state index contributed by atoms with van der Waals surface area (Å²) in [4.78, 5) is 10.8. The van der Waals surface area contributed by atoms with Crippen LogP contribution in [0.15, 0.2) is 41.2 Å². The van der Waals surface area contributed by atoms with Gasteiger partial charge in [-0.15, -0.1) is 0 Å². The van der Waals surface area contributed by atoms with Gasteiger partial charge in [-0.2, -0.15) is 5.10 Å². The number of H-pyrrole nitrogens is 1. The van der Waals surface area contributed by atoms with Crippen LogP contribution >= 0.6 is 11.6 Å². The van der Waals surface area contributed by atoms with E-state index in [1.54, 1.807) is 6.07 Å². The first kappa shape index (κ1) is 11.7. The maximum absolute atomic E-state index is 10.8. The van der Waals surface area contributed by atoms with Crippen LogP contribution in [-0.2, 0) is 6.42 Å². The van der Waals surface area contributed by atoms with E-state index in [-0.39, 0.29) is 5.56 Å². The molecule has 0 aliphatic heterocycles. The van der Waals surface area contributed by atoms with Crippen molar-refractivity contribution < 1.29 is 0 Å². The molecule has 1 heterocycles. The highest BCUT2D eigenvalue weighted by molar-refractivity contribution is 6.30. The van der Waals surface area contributed by atoms with Crippen LogP contribution in [-0.4, -0.2) is 16.7 Å². The molecule has 1 aromatic carbocycles. The molecule has 17 heavy (non-hydrogen) atoms. The van der Waals surface area contributed by atoms with Gasteiger partial charge in [-0.05, 0) is 30.2 Å². The van der Waals surface area contributed by atoms with Crippen molar-refractivity contribution in [2.45, 2.75) is 6.42 Å². The van der Waals surface area contributed by atoms with Crippen LogP contribution in [0.4, 0.5) is 5.82 Å². The Hall–Kier alpha value is -1.81. The summed E-state index contributed by atoms with van der Waals surface area (Å²) >= 11 is 5.80. The molecule has 0 unspecified atom stereocenters. The normalized spacial score (nSPS) is 10.2. The molecule has 0 atom stereocenters. The Morgan fingerprint density at radius 3 is 2.59 bits per heavy atom. The first-order valence-electron chi connectivity index (χ1n) is 5.28. The Labute approximate surface area is 104 Å². The van der Waals surface area contributed by atoms with E-state index in [1.165, 1.54) is 11.6 Å². The van der Waals surface area contributed by atoms with Crippen LogP contribution in [0.5, 0.6) is 0 Å². The van der Waals surface area contributed by atoms with Crippen LogP contribution in [0.25, 0.3) is 0 Å². The van der Waals surface area contributed by atoms with Gasteiger partial charge < -0.3 is 5.32 Å². The molecule has 0 saturated heterocycles. The summed E-state index contributed by atoms with van der Waals surface area (Å²) in [7, 11) is 0. The molecule has 0 aliphatic carbocycles. The highest BCUT2D eigenvalue weighted by Gasteiger charge is 1.95. The summed E-state index contributed by atoms with van der Waals surface area (Å²) in [5, 5.41) is 10.1. The first-order chi connectivity index (χ1) is 8.24. The molecule has 0 spiro atoms. The fourth-order valence-corrected chi connectivity index (χ4v) is 1.55. The molecular formula is C12H12ClN3O. The smallest absolute Gasteiger partial charge is 0.264 e. The molecule has 0 saturated carbocycles. The summed E-state index contributed by atoms with van der Waals surface area (Å²) in [5.41, 5.74) is 1.000.